The summed E-state index contributed by atoms with van der Waals surface area (Å²) < 4.78 is 5.89. The summed E-state index contributed by atoms with van der Waals surface area (Å²) >= 11 is 0. The van der Waals surface area contributed by atoms with Crippen molar-refractivity contribution in [3.63, 3.8) is 0 Å². The fraction of sp³-hybridized carbons (Fsp3) is 0.792. The highest BCUT2D eigenvalue weighted by Gasteiger charge is 2.36. The van der Waals surface area contributed by atoms with Crippen molar-refractivity contribution in [1.82, 2.24) is 15.1 Å². The van der Waals surface area contributed by atoms with E-state index in [0.717, 1.165) is 0 Å². The number of carbonyl (C=O) groups excluding carboxylic acids is 5. The molecule has 2 aliphatic heterocycles. The second-order valence-electron chi connectivity index (χ2n) is 11.1. The number of ketones is 1. The van der Waals surface area contributed by atoms with Crippen LogP contribution in [0.2, 0.25) is 0 Å². The van der Waals surface area contributed by atoms with Gasteiger partial charge in [0.2, 0.25) is 23.6 Å². The molecule has 2 rings (SSSR count). The van der Waals surface area contributed by atoms with Gasteiger partial charge in [-0.25, -0.2) is 0 Å². The first-order valence-corrected chi connectivity index (χ1v) is 11.7. The molecule has 1 N–H and O–H groups in total. The van der Waals surface area contributed by atoms with Crippen LogP contribution >= 0.6 is 0 Å². The number of carbonyl (C=O) groups is 5. The maximum absolute atomic E-state index is 12.4. The number of amides is 4. The molecule has 1 atom stereocenters. The molecule has 0 aliphatic carbocycles. The number of imide groups is 1. The molecule has 2 saturated heterocycles. The summed E-state index contributed by atoms with van der Waals surface area (Å²) in [6.45, 7) is 13.5. The van der Waals surface area contributed by atoms with Gasteiger partial charge in [-0.1, -0.05) is 34.6 Å². The Kier molecular flexibility index (Phi) is 8.79. The minimum atomic E-state index is -0.344. The Morgan fingerprint density at radius 2 is 1.67 bits per heavy atom. The van der Waals surface area contributed by atoms with Gasteiger partial charge in [-0.2, -0.15) is 0 Å². The predicted molar refractivity (Wildman–Crippen MR) is 122 cm³/mol. The van der Waals surface area contributed by atoms with Gasteiger partial charge in [-0.15, -0.1) is 0 Å². The molecule has 186 valence electrons. The lowest BCUT2D eigenvalue weighted by molar-refractivity contribution is -0.144. The molecule has 0 radical (unpaired) electrons. The molecule has 1 unspecified atom stereocenters. The first-order chi connectivity index (χ1) is 15.2. The number of ether oxygens (including phenoxy) is 1. The highest BCUT2D eigenvalue weighted by Crippen LogP contribution is 2.27. The van der Waals surface area contributed by atoms with Crippen molar-refractivity contribution >= 4 is 29.4 Å². The molecule has 33 heavy (non-hydrogen) atoms. The van der Waals surface area contributed by atoms with Crippen molar-refractivity contribution in [1.29, 1.82) is 0 Å². The monoisotopic (exact) mass is 465 g/mol. The van der Waals surface area contributed by atoms with Gasteiger partial charge in [-0.3, -0.25) is 28.9 Å². The van der Waals surface area contributed by atoms with Crippen LogP contribution in [-0.4, -0.2) is 78.6 Å². The Bertz CT molecular complexity index is 785. The normalized spacial score (nSPS) is 19.6. The Morgan fingerprint density at radius 3 is 2.21 bits per heavy atom. The van der Waals surface area contributed by atoms with Crippen LogP contribution in [0, 0.1) is 22.7 Å². The number of nitrogens with zero attached hydrogens (tertiary/aromatic N) is 2. The van der Waals surface area contributed by atoms with Crippen molar-refractivity contribution in [3.05, 3.63) is 0 Å². The van der Waals surface area contributed by atoms with Gasteiger partial charge in [0.05, 0.1) is 19.1 Å². The maximum Gasteiger partial charge on any atom is 0.232 e. The van der Waals surface area contributed by atoms with Crippen molar-refractivity contribution in [2.75, 3.05) is 39.4 Å². The molecule has 0 aromatic carbocycles. The highest BCUT2D eigenvalue weighted by atomic mass is 16.5. The summed E-state index contributed by atoms with van der Waals surface area (Å²) in [5.74, 6) is -0.810. The molecule has 9 heteroatoms. The number of rotatable bonds is 12. The zero-order valence-electron chi connectivity index (χ0n) is 20.9. The van der Waals surface area contributed by atoms with Gasteiger partial charge in [0.15, 0.2) is 0 Å². The van der Waals surface area contributed by atoms with Gasteiger partial charge >= 0.3 is 0 Å². The fourth-order valence-corrected chi connectivity index (χ4v) is 3.89. The molecule has 0 aromatic heterocycles. The van der Waals surface area contributed by atoms with Crippen LogP contribution < -0.4 is 5.32 Å². The summed E-state index contributed by atoms with van der Waals surface area (Å²) in [5, 5.41) is 2.85. The molecule has 0 spiro atoms. The average Bonchev–Trinajstić information content (AvgIpc) is 2.87. The Balaban J connectivity index is 1.65. The standard InChI is InChI=1S/C24H39N3O6/c1-16-9-20(30)27(22(16)32)8-7-19(29)25-13-24(5,6)15-33-14-23(3,4)10-21(31)26-11-18(12-26)17(2)28/h16,18H,7-15H2,1-6H3,(H,25,29). The lowest BCUT2D eigenvalue weighted by Gasteiger charge is -2.39. The number of nitrogens with one attached hydrogen (secondary N) is 1. The fourth-order valence-electron chi connectivity index (χ4n) is 3.89. The smallest absolute Gasteiger partial charge is 0.232 e. The lowest BCUT2D eigenvalue weighted by atomic mass is 9.87. The van der Waals surface area contributed by atoms with Gasteiger partial charge in [0.1, 0.15) is 5.78 Å². The summed E-state index contributed by atoms with van der Waals surface area (Å²) in [6.07, 6.45) is 0.641. The first kappa shape index (κ1) is 27.0. The number of hydrogen-bond acceptors (Lipinski definition) is 6. The zero-order valence-corrected chi connectivity index (χ0v) is 20.9. The lowest BCUT2D eigenvalue weighted by Crippen LogP contribution is -2.53. The molecule has 2 heterocycles. The molecule has 2 fully saturated rings. The SMILES string of the molecule is CC(=O)C1CN(C(=O)CC(C)(C)COCC(C)(C)CNC(=O)CCN2C(=O)CC(C)C2=O)C1. The maximum atomic E-state index is 12.4. The van der Waals surface area contributed by atoms with Crippen molar-refractivity contribution in [2.45, 2.75) is 60.8 Å². The van der Waals surface area contributed by atoms with E-state index in [1.807, 2.05) is 27.7 Å². The molecule has 0 aromatic rings. The van der Waals surface area contributed by atoms with Gasteiger partial charge in [-0.05, 0) is 12.3 Å². The minimum Gasteiger partial charge on any atom is -0.380 e. The average molecular weight is 466 g/mol. The molecule has 4 amide bonds. The number of likely N-dealkylation sites (tertiary alicyclic amines) is 2. The van der Waals surface area contributed by atoms with E-state index in [9.17, 15) is 24.0 Å². The summed E-state index contributed by atoms with van der Waals surface area (Å²) in [6, 6.07) is 0. The summed E-state index contributed by atoms with van der Waals surface area (Å²) in [7, 11) is 0. The third-order valence-electron chi connectivity index (χ3n) is 6.22. The number of Topliss-reactive ketones (excluding diaryl/α,β-unsaturated/α-hetero) is 1. The highest BCUT2D eigenvalue weighted by molar-refractivity contribution is 6.03. The van der Waals surface area contributed by atoms with E-state index < -0.39 is 0 Å². The molecular weight excluding hydrogens is 426 g/mol. The summed E-state index contributed by atoms with van der Waals surface area (Å²) in [4.78, 5) is 62.6. The molecule has 9 nitrogen and oxygen atoms in total. The Morgan fingerprint density at radius 1 is 1.06 bits per heavy atom. The van der Waals surface area contributed by atoms with Gasteiger partial charge < -0.3 is 15.0 Å². The third-order valence-corrected chi connectivity index (χ3v) is 6.22. The second-order valence-corrected chi connectivity index (χ2v) is 11.1. The molecule has 2 aliphatic rings. The predicted octanol–water partition coefficient (Wildman–Crippen LogP) is 1.39. The van der Waals surface area contributed by atoms with Crippen LogP contribution in [0.4, 0.5) is 0 Å². The first-order valence-electron chi connectivity index (χ1n) is 11.7. The van der Waals surface area contributed by atoms with E-state index in [-0.39, 0.29) is 71.5 Å². The van der Waals surface area contributed by atoms with E-state index in [2.05, 4.69) is 5.32 Å². The Labute approximate surface area is 196 Å². The van der Waals surface area contributed by atoms with Crippen LogP contribution in [0.1, 0.15) is 60.8 Å². The second kappa shape index (κ2) is 10.8. The van der Waals surface area contributed by atoms with Crippen LogP contribution in [0.5, 0.6) is 0 Å². The quantitative estimate of drug-likeness (QED) is 0.436. The van der Waals surface area contributed by atoms with Crippen LogP contribution in [0.3, 0.4) is 0 Å². The van der Waals surface area contributed by atoms with Crippen LogP contribution in [0.15, 0.2) is 0 Å². The van der Waals surface area contributed by atoms with E-state index >= 15 is 0 Å². The van der Waals surface area contributed by atoms with Gasteiger partial charge in [0.25, 0.3) is 0 Å². The molecule has 0 saturated carbocycles. The zero-order chi connectivity index (χ0) is 25.0. The van der Waals surface area contributed by atoms with E-state index in [4.69, 9.17) is 4.74 Å². The van der Waals surface area contributed by atoms with Gasteiger partial charge in [0, 0.05) is 56.8 Å². The topological polar surface area (TPSA) is 113 Å². The van der Waals surface area contributed by atoms with Crippen molar-refractivity contribution in [3.8, 4) is 0 Å². The third kappa shape index (κ3) is 7.91. The minimum absolute atomic E-state index is 0.0239. The van der Waals surface area contributed by atoms with Crippen molar-refractivity contribution in [2.24, 2.45) is 22.7 Å². The van der Waals surface area contributed by atoms with E-state index in [1.54, 1.807) is 18.7 Å². The summed E-state index contributed by atoms with van der Waals surface area (Å²) in [5.41, 5.74) is -0.667. The largest absolute Gasteiger partial charge is 0.380 e. The number of hydrogen-bond donors (Lipinski definition) is 1. The van der Waals surface area contributed by atoms with E-state index in [0.29, 0.717) is 39.3 Å². The Hall–Kier alpha value is -2.29. The van der Waals surface area contributed by atoms with Crippen LogP contribution in [-0.2, 0) is 28.7 Å². The van der Waals surface area contributed by atoms with Crippen LogP contribution in [0.25, 0.3) is 0 Å². The molecule has 0 bridgehead atoms. The van der Waals surface area contributed by atoms with Crippen molar-refractivity contribution < 1.29 is 28.7 Å². The molecular formula is C24H39N3O6. The van der Waals surface area contributed by atoms with E-state index in [1.165, 1.54) is 4.90 Å².